The third-order valence-electron chi connectivity index (χ3n) is 1.93. The predicted molar refractivity (Wildman–Crippen MR) is 75.9 cm³/mol. The lowest BCUT2D eigenvalue weighted by Crippen LogP contribution is -2.07. The molecule has 0 aliphatic heterocycles. The molecule has 0 radical (unpaired) electrons. The first-order chi connectivity index (χ1) is 7.10. The van der Waals surface area contributed by atoms with Crippen LogP contribution in [0.15, 0.2) is 6.20 Å². The third kappa shape index (κ3) is 3.82. The van der Waals surface area contributed by atoms with Gasteiger partial charge in [-0.1, -0.05) is 31.9 Å². The van der Waals surface area contributed by atoms with Gasteiger partial charge in [-0.2, -0.15) is 0 Å². The van der Waals surface area contributed by atoms with Crippen molar-refractivity contribution in [2.45, 2.75) is 24.5 Å². The highest BCUT2D eigenvalue weighted by atomic mass is 79.9. The molecule has 0 saturated heterocycles. The largest absolute Gasteiger partial charge is 0.424 e. The summed E-state index contributed by atoms with van der Waals surface area (Å²) in [6, 6.07) is 0. The van der Waals surface area contributed by atoms with Crippen LogP contribution in [0.3, 0.4) is 0 Å². The fourth-order valence-corrected chi connectivity index (χ4v) is 2.31. The monoisotopic (exact) mass is 415 g/mol. The number of carbonyl (C=O) groups excluding carboxylic acids is 1. The Kier molecular flexibility index (Phi) is 7.43. The molecule has 0 N–H and O–H groups in total. The molecule has 1 heterocycles. The highest BCUT2D eigenvalue weighted by molar-refractivity contribution is 9.09. The standard InChI is InChI=1S/C10H11Br2NO2.BrH/c1-6-10(15-7(2)14)9(4-12)8(3-11)5-13-6;/h5H,3-4H2,1-2H3;1H. The number of esters is 1. The van der Waals surface area contributed by atoms with E-state index in [-0.39, 0.29) is 23.0 Å². The van der Waals surface area contributed by atoms with Crippen molar-refractivity contribution in [2.75, 3.05) is 0 Å². The number of rotatable bonds is 3. The van der Waals surface area contributed by atoms with Gasteiger partial charge >= 0.3 is 5.97 Å². The molecule has 6 heteroatoms. The van der Waals surface area contributed by atoms with Crippen LogP contribution < -0.4 is 4.74 Å². The lowest BCUT2D eigenvalue weighted by molar-refractivity contribution is -0.132. The summed E-state index contributed by atoms with van der Waals surface area (Å²) < 4.78 is 5.16. The van der Waals surface area contributed by atoms with Crippen LogP contribution in [0, 0.1) is 6.92 Å². The maximum absolute atomic E-state index is 11.0. The average molecular weight is 418 g/mol. The SMILES string of the molecule is Br.CC(=O)Oc1c(C)ncc(CBr)c1CBr. The zero-order valence-corrected chi connectivity index (χ0v) is 13.8. The Balaban J connectivity index is 0.00000225. The van der Waals surface area contributed by atoms with Gasteiger partial charge in [-0.3, -0.25) is 9.78 Å². The fourth-order valence-electron chi connectivity index (χ4n) is 1.22. The van der Waals surface area contributed by atoms with Crippen LogP contribution in [0.2, 0.25) is 0 Å². The molecule has 0 amide bonds. The minimum absolute atomic E-state index is 0. The zero-order chi connectivity index (χ0) is 11.4. The second kappa shape index (κ2) is 7.40. The first kappa shape index (κ1) is 16.1. The highest BCUT2D eigenvalue weighted by Crippen LogP contribution is 2.28. The quantitative estimate of drug-likeness (QED) is 0.556. The van der Waals surface area contributed by atoms with Gasteiger partial charge in [0, 0.05) is 29.3 Å². The molecular formula is C10H12Br3NO2. The minimum atomic E-state index is -0.325. The molecular weight excluding hydrogens is 406 g/mol. The molecule has 90 valence electrons. The van der Waals surface area contributed by atoms with Crippen molar-refractivity contribution in [2.24, 2.45) is 0 Å². The van der Waals surface area contributed by atoms with Crippen LogP contribution in [0.25, 0.3) is 0 Å². The number of halogens is 3. The van der Waals surface area contributed by atoms with Crippen molar-refractivity contribution in [1.29, 1.82) is 0 Å². The lowest BCUT2D eigenvalue weighted by atomic mass is 10.1. The number of ether oxygens (including phenoxy) is 1. The van der Waals surface area contributed by atoms with E-state index in [1.165, 1.54) is 6.92 Å². The van der Waals surface area contributed by atoms with Gasteiger partial charge in [0.25, 0.3) is 0 Å². The normalized spacial score (nSPS) is 9.50. The van der Waals surface area contributed by atoms with E-state index in [0.29, 0.717) is 16.4 Å². The van der Waals surface area contributed by atoms with E-state index in [9.17, 15) is 4.79 Å². The summed E-state index contributed by atoms with van der Waals surface area (Å²) in [5.74, 6) is 0.241. The van der Waals surface area contributed by atoms with Crippen LogP contribution >= 0.6 is 48.8 Å². The van der Waals surface area contributed by atoms with Crippen molar-refractivity contribution in [3.05, 3.63) is 23.0 Å². The van der Waals surface area contributed by atoms with Gasteiger partial charge in [0.05, 0.1) is 5.69 Å². The molecule has 1 aromatic heterocycles. The highest BCUT2D eigenvalue weighted by Gasteiger charge is 2.13. The Hall–Kier alpha value is 0.0600. The summed E-state index contributed by atoms with van der Waals surface area (Å²) in [7, 11) is 0. The van der Waals surface area contributed by atoms with Crippen molar-refractivity contribution >= 4 is 54.8 Å². The number of hydrogen-bond donors (Lipinski definition) is 0. The second-order valence-corrected chi connectivity index (χ2v) is 4.16. The molecule has 0 unspecified atom stereocenters. The predicted octanol–water partition coefficient (Wildman–Crippen LogP) is 3.68. The molecule has 0 spiro atoms. The zero-order valence-electron chi connectivity index (χ0n) is 8.92. The molecule has 0 saturated carbocycles. The fraction of sp³-hybridized carbons (Fsp3) is 0.400. The molecule has 1 aromatic rings. The van der Waals surface area contributed by atoms with Gasteiger partial charge in [0.2, 0.25) is 0 Å². The summed E-state index contributed by atoms with van der Waals surface area (Å²) in [6.45, 7) is 3.21. The van der Waals surface area contributed by atoms with Gasteiger partial charge < -0.3 is 4.74 Å². The maximum Gasteiger partial charge on any atom is 0.308 e. The van der Waals surface area contributed by atoms with Crippen LogP contribution in [-0.2, 0) is 15.5 Å². The molecule has 0 aliphatic rings. The summed E-state index contributed by atoms with van der Waals surface area (Å²) in [5.41, 5.74) is 2.72. The van der Waals surface area contributed by atoms with E-state index < -0.39 is 0 Å². The Bertz CT molecular complexity index is 383. The summed E-state index contributed by atoms with van der Waals surface area (Å²) in [6.07, 6.45) is 1.79. The number of pyridine rings is 1. The number of hydrogen-bond acceptors (Lipinski definition) is 3. The van der Waals surface area contributed by atoms with Crippen molar-refractivity contribution in [1.82, 2.24) is 4.98 Å². The van der Waals surface area contributed by atoms with E-state index in [4.69, 9.17) is 4.74 Å². The van der Waals surface area contributed by atoms with E-state index >= 15 is 0 Å². The van der Waals surface area contributed by atoms with Crippen molar-refractivity contribution in [3.8, 4) is 5.75 Å². The topological polar surface area (TPSA) is 39.2 Å². The summed E-state index contributed by atoms with van der Waals surface area (Å²) in [5, 5.41) is 1.33. The van der Waals surface area contributed by atoms with Gasteiger partial charge in [-0.15, -0.1) is 17.0 Å². The Labute approximate surface area is 122 Å². The van der Waals surface area contributed by atoms with Crippen LogP contribution in [0.4, 0.5) is 0 Å². The van der Waals surface area contributed by atoms with Crippen molar-refractivity contribution in [3.63, 3.8) is 0 Å². The summed E-state index contributed by atoms with van der Waals surface area (Å²) in [4.78, 5) is 15.1. The number of alkyl halides is 2. The number of nitrogens with zero attached hydrogens (tertiary/aromatic N) is 1. The molecule has 0 aromatic carbocycles. The first-order valence-corrected chi connectivity index (χ1v) is 6.62. The van der Waals surface area contributed by atoms with E-state index in [1.807, 2.05) is 6.92 Å². The summed E-state index contributed by atoms with van der Waals surface area (Å²) >= 11 is 6.76. The molecule has 16 heavy (non-hydrogen) atoms. The van der Waals surface area contributed by atoms with E-state index in [0.717, 1.165) is 16.8 Å². The van der Waals surface area contributed by atoms with Crippen molar-refractivity contribution < 1.29 is 9.53 Å². The first-order valence-electron chi connectivity index (χ1n) is 4.37. The number of aryl methyl sites for hydroxylation is 1. The Morgan fingerprint density at radius 3 is 2.50 bits per heavy atom. The van der Waals surface area contributed by atoms with E-state index in [1.54, 1.807) is 6.20 Å². The van der Waals surface area contributed by atoms with Crippen LogP contribution in [0.5, 0.6) is 5.75 Å². The number of carbonyl (C=O) groups is 1. The maximum atomic E-state index is 11.0. The van der Waals surface area contributed by atoms with Gasteiger partial charge in [0.1, 0.15) is 0 Å². The van der Waals surface area contributed by atoms with Gasteiger partial charge in [-0.25, -0.2) is 0 Å². The average Bonchev–Trinajstić information content (AvgIpc) is 2.20. The number of aromatic nitrogens is 1. The Morgan fingerprint density at radius 2 is 2.06 bits per heavy atom. The molecule has 0 aliphatic carbocycles. The lowest BCUT2D eigenvalue weighted by Gasteiger charge is -2.12. The van der Waals surface area contributed by atoms with Crippen LogP contribution in [0.1, 0.15) is 23.7 Å². The third-order valence-corrected chi connectivity index (χ3v) is 3.09. The Morgan fingerprint density at radius 1 is 1.44 bits per heavy atom. The molecule has 3 nitrogen and oxygen atoms in total. The van der Waals surface area contributed by atoms with Gasteiger partial charge in [0.15, 0.2) is 5.75 Å². The smallest absolute Gasteiger partial charge is 0.308 e. The molecule has 1 rings (SSSR count). The molecule has 0 bridgehead atoms. The van der Waals surface area contributed by atoms with Gasteiger partial charge in [-0.05, 0) is 12.5 Å². The van der Waals surface area contributed by atoms with Crippen LogP contribution in [-0.4, -0.2) is 11.0 Å². The minimum Gasteiger partial charge on any atom is -0.424 e. The molecule has 0 fully saturated rings. The van der Waals surface area contributed by atoms with E-state index in [2.05, 4.69) is 36.8 Å². The molecule has 0 atom stereocenters. The second-order valence-electron chi connectivity index (χ2n) is 3.04.